The van der Waals surface area contributed by atoms with E-state index in [0.717, 1.165) is 23.2 Å². The standard InChI is InChI=1S/C15H21N3O2/c1-17(2)9-8-16-15(19)13-10-11-12(18(13)3)6-5-7-14(11)20-4/h5-7,10H,8-9H2,1-4H3,(H,16,19). The number of amides is 1. The minimum atomic E-state index is -0.0624. The molecule has 0 bridgehead atoms. The summed E-state index contributed by atoms with van der Waals surface area (Å²) in [4.78, 5) is 14.3. The molecular formula is C15H21N3O2. The van der Waals surface area contributed by atoms with Gasteiger partial charge >= 0.3 is 0 Å². The van der Waals surface area contributed by atoms with Gasteiger partial charge in [0.25, 0.3) is 5.91 Å². The van der Waals surface area contributed by atoms with Crippen molar-refractivity contribution in [2.75, 3.05) is 34.3 Å². The van der Waals surface area contributed by atoms with E-state index >= 15 is 0 Å². The number of nitrogens with one attached hydrogen (secondary N) is 1. The Morgan fingerprint density at radius 2 is 2.15 bits per heavy atom. The Balaban J connectivity index is 2.26. The fourth-order valence-corrected chi connectivity index (χ4v) is 2.21. The summed E-state index contributed by atoms with van der Waals surface area (Å²) in [6, 6.07) is 7.68. The molecule has 0 aliphatic carbocycles. The van der Waals surface area contributed by atoms with E-state index in [1.54, 1.807) is 7.11 Å². The molecule has 5 heteroatoms. The predicted molar refractivity (Wildman–Crippen MR) is 80.4 cm³/mol. The highest BCUT2D eigenvalue weighted by Gasteiger charge is 2.15. The van der Waals surface area contributed by atoms with Crippen LogP contribution in [-0.2, 0) is 7.05 Å². The van der Waals surface area contributed by atoms with Crippen LogP contribution in [0.4, 0.5) is 0 Å². The maximum atomic E-state index is 12.2. The number of rotatable bonds is 5. The lowest BCUT2D eigenvalue weighted by Gasteiger charge is -2.10. The third kappa shape index (κ3) is 2.77. The van der Waals surface area contributed by atoms with Crippen LogP contribution in [0.1, 0.15) is 10.5 Å². The molecule has 1 heterocycles. The van der Waals surface area contributed by atoms with Crippen molar-refractivity contribution in [1.82, 2.24) is 14.8 Å². The van der Waals surface area contributed by atoms with Gasteiger partial charge in [0.1, 0.15) is 11.4 Å². The molecule has 0 spiro atoms. The average molecular weight is 275 g/mol. The minimum absolute atomic E-state index is 0.0624. The van der Waals surface area contributed by atoms with Crippen molar-refractivity contribution in [2.24, 2.45) is 7.05 Å². The van der Waals surface area contributed by atoms with Gasteiger partial charge in [-0.15, -0.1) is 0 Å². The van der Waals surface area contributed by atoms with E-state index in [0.29, 0.717) is 12.2 Å². The molecule has 0 saturated heterocycles. The maximum absolute atomic E-state index is 12.2. The monoisotopic (exact) mass is 275 g/mol. The molecular weight excluding hydrogens is 254 g/mol. The molecule has 1 aromatic heterocycles. The largest absolute Gasteiger partial charge is 0.496 e. The molecule has 108 valence electrons. The molecule has 0 aliphatic rings. The zero-order valence-electron chi connectivity index (χ0n) is 12.4. The van der Waals surface area contributed by atoms with E-state index in [1.165, 1.54) is 0 Å². The number of carbonyl (C=O) groups excluding carboxylic acids is 1. The van der Waals surface area contributed by atoms with Crippen LogP contribution in [0.5, 0.6) is 5.75 Å². The van der Waals surface area contributed by atoms with Crippen molar-refractivity contribution in [3.8, 4) is 5.75 Å². The number of aryl methyl sites for hydroxylation is 1. The summed E-state index contributed by atoms with van der Waals surface area (Å²) in [6.07, 6.45) is 0. The van der Waals surface area contributed by atoms with Crippen LogP contribution < -0.4 is 10.1 Å². The predicted octanol–water partition coefficient (Wildman–Crippen LogP) is 1.48. The molecule has 0 unspecified atom stereocenters. The van der Waals surface area contributed by atoms with Crippen molar-refractivity contribution in [2.45, 2.75) is 0 Å². The van der Waals surface area contributed by atoms with Crippen LogP contribution in [0.3, 0.4) is 0 Å². The molecule has 1 aromatic carbocycles. The highest BCUT2D eigenvalue weighted by atomic mass is 16.5. The van der Waals surface area contributed by atoms with Gasteiger partial charge in [-0.25, -0.2) is 0 Å². The zero-order chi connectivity index (χ0) is 14.7. The smallest absolute Gasteiger partial charge is 0.267 e. The van der Waals surface area contributed by atoms with Crippen molar-refractivity contribution in [1.29, 1.82) is 0 Å². The quantitative estimate of drug-likeness (QED) is 0.899. The second kappa shape index (κ2) is 5.96. The number of carbonyl (C=O) groups is 1. The van der Waals surface area contributed by atoms with Crippen LogP contribution >= 0.6 is 0 Å². The van der Waals surface area contributed by atoms with E-state index in [-0.39, 0.29) is 5.91 Å². The summed E-state index contributed by atoms with van der Waals surface area (Å²) in [5, 5.41) is 3.88. The molecule has 20 heavy (non-hydrogen) atoms. The first-order valence-corrected chi connectivity index (χ1v) is 6.60. The second-order valence-electron chi connectivity index (χ2n) is 5.04. The Kier molecular flexibility index (Phi) is 4.29. The van der Waals surface area contributed by atoms with Gasteiger partial charge in [0, 0.05) is 25.5 Å². The molecule has 0 fully saturated rings. The molecule has 0 radical (unpaired) electrons. The van der Waals surface area contributed by atoms with Crippen LogP contribution in [-0.4, -0.2) is 49.7 Å². The van der Waals surface area contributed by atoms with Gasteiger partial charge in [0.2, 0.25) is 0 Å². The molecule has 2 rings (SSSR count). The lowest BCUT2D eigenvalue weighted by atomic mass is 10.2. The molecule has 1 amide bonds. The van der Waals surface area contributed by atoms with Crippen LogP contribution in [0.2, 0.25) is 0 Å². The van der Waals surface area contributed by atoms with Crippen LogP contribution in [0.15, 0.2) is 24.3 Å². The third-order valence-corrected chi connectivity index (χ3v) is 3.34. The summed E-state index contributed by atoms with van der Waals surface area (Å²) < 4.78 is 7.23. The van der Waals surface area contributed by atoms with Crippen LogP contribution in [0.25, 0.3) is 10.9 Å². The second-order valence-corrected chi connectivity index (χ2v) is 5.04. The first kappa shape index (κ1) is 14.4. The van der Waals surface area contributed by atoms with Crippen molar-refractivity contribution in [3.63, 3.8) is 0 Å². The summed E-state index contributed by atoms with van der Waals surface area (Å²) in [6.45, 7) is 1.45. The normalized spacial score (nSPS) is 11.1. The summed E-state index contributed by atoms with van der Waals surface area (Å²) >= 11 is 0. The third-order valence-electron chi connectivity index (χ3n) is 3.34. The van der Waals surface area contributed by atoms with E-state index in [2.05, 4.69) is 5.32 Å². The molecule has 5 nitrogen and oxygen atoms in total. The fourth-order valence-electron chi connectivity index (χ4n) is 2.21. The molecule has 0 aliphatic heterocycles. The van der Waals surface area contributed by atoms with Crippen molar-refractivity contribution < 1.29 is 9.53 Å². The number of likely N-dealkylation sites (N-methyl/N-ethyl adjacent to an activating group) is 1. The lowest BCUT2D eigenvalue weighted by molar-refractivity contribution is 0.0943. The Labute approximate surface area is 119 Å². The fraction of sp³-hybridized carbons (Fsp3) is 0.400. The SMILES string of the molecule is COc1cccc2c1cc(C(=O)NCCN(C)C)n2C. The Morgan fingerprint density at radius 3 is 2.80 bits per heavy atom. The van der Waals surface area contributed by atoms with Crippen LogP contribution in [0, 0.1) is 0 Å². The average Bonchev–Trinajstić information content (AvgIpc) is 2.76. The van der Waals surface area contributed by atoms with Gasteiger partial charge in [0.05, 0.1) is 12.6 Å². The van der Waals surface area contributed by atoms with Gasteiger partial charge in [-0.1, -0.05) is 6.07 Å². The van der Waals surface area contributed by atoms with E-state index in [1.807, 2.05) is 54.9 Å². The first-order chi connectivity index (χ1) is 9.54. The Morgan fingerprint density at radius 1 is 1.40 bits per heavy atom. The van der Waals surface area contributed by atoms with Gasteiger partial charge in [-0.05, 0) is 32.3 Å². The highest BCUT2D eigenvalue weighted by Crippen LogP contribution is 2.27. The van der Waals surface area contributed by atoms with E-state index < -0.39 is 0 Å². The Hall–Kier alpha value is -2.01. The van der Waals surface area contributed by atoms with Gasteiger partial charge in [-0.3, -0.25) is 4.79 Å². The number of nitrogens with zero attached hydrogens (tertiary/aromatic N) is 2. The Bertz CT molecular complexity index is 617. The van der Waals surface area contributed by atoms with E-state index in [4.69, 9.17) is 4.74 Å². The number of benzene rings is 1. The van der Waals surface area contributed by atoms with Gasteiger partial charge < -0.3 is 19.5 Å². The number of aromatic nitrogens is 1. The molecule has 2 aromatic rings. The summed E-state index contributed by atoms with van der Waals surface area (Å²) in [5.74, 6) is 0.720. The first-order valence-electron chi connectivity index (χ1n) is 6.60. The number of ether oxygens (including phenoxy) is 1. The number of methoxy groups -OCH3 is 1. The summed E-state index contributed by atoms with van der Waals surface area (Å²) in [5.41, 5.74) is 1.63. The molecule has 1 N–H and O–H groups in total. The molecule has 0 saturated carbocycles. The summed E-state index contributed by atoms with van der Waals surface area (Å²) in [7, 11) is 7.49. The number of hydrogen-bond donors (Lipinski definition) is 1. The molecule has 0 atom stereocenters. The van der Waals surface area contributed by atoms with Gasteiger partial charge in [0.15, 0.2) is 0 Å². The highest BCUT2D eigenvalue weighted by molar-refractivity contribution is 6.00. The van der Waals surface area contributed by atoms with Gasteiger partial charge in [-0.2, -0.15) is 0 Å². The number of hydrogen-bond acceptors (Lipinski definition) is 3. The van der Waals surface area contributed by atoms with Crippen molar-refractivity contribution >= 4 is 16.8 Å². The maximum Gasteiger partial charge on any atom is 0.267 e. The lowest BCUT2D eigenvalue weighted by Crippen LogP contribution is -2.32. The van der Waals surface area contributed by atoms with E-state index in [9.17, 15) is 4.79 Å². The zero-order valence-corrected chi connectivity index (χ0v) is 12.4. The topological polar surface area (TPSA) is 46.5 Å². The minimum Gasteiger partial charge on any atom is -0.496 e. The number of fused-ring (bicyclic) bond motifs is 1. The van der Waals surface area contributed by atoms with Crippen molar-refractivity contribution in [3.05, 3.63) is 30.0 Å².